The van der Waals surface area contributed by atoms with Gasteiger partial charge in [-0.15, -0.1) is 0 Å². The van der Waals surface area contributed by atoms with Crippen molar-refractivity contribution < 1.29 is 27.5 Å². The Morgan fingerprint density at radius 1 is 1.14 bits per heavy atom. The lowest BCUT2D eigenvalue weighted by molar-refractivity contribution is -0.187. The average Bonchev–Trinajstić information content (AvgIpc) is 2.45. The van der Waals surface area contributed by atoms with Gasteiger partial charge in [-0.1, -0.05) is 0 Å². The van der Waals surface area contributed by atoms with Gasteiger partial charge in [0, 0.05) is 25.6 Å². The minimum Gasteiger partial charge on any atom is -0.359 e. The fraction of sp³-hybridized carbons (Fsp3) is 0.846. The highest BCUT2D eigenvalue weighted by Gasteiger charge is 2.44. The van der Waals surface area contributed by atoms with Gasteiger partial charge in [0.05, 0.1) is 6.61 Å². The van der Waals surface area contributed by atoms with Gasteiger partial charge in [-0.05, 0) is 26.2 Å². The molecule has 5 nitrogen and oxygen atoms in total. The minimum absolute atomic E-state index is 0.0299. The van der Waals surface area contributed by atoms with Gasteiger partial charge in [-0.25, -0.2) is 0 Å². The molecule has 2 aliphatic heterocycles. The predicted molar refractivity (Wildman–Crippen MR) is 67.1 cm³/mol. The molecule has 2 heterocycles. The Bertz CT molecular complexity index is 406. The van der Waals surface area contributed by atoms with Crippen molar-refractivity contribution in [3.05, 3.63) is 0 Å². The quantitative estimate of drug-likeness (QED) is 0.735. The highest BCUT2D eigenvalue weighted by atomic mass is 19.4. The molecule has 1 unspecified atom stereocenters. The SMILES string of the molecule is CC1OCCCN1C(=O)C1CCN(C(=O)C(F)(F)F)CC1. The third-order valence-corrected chi connectivity index (χ3v) is 4.00. The van der Waals surface area contributed by atoms with Crippen molar-refractivity contribution in [3.8, 4) is 0 Å². The van der Waals surface area contributed by atoms with E-state index in [9.17, 15) is 22.8 Å². The third-order valence-electron chi connectivity index (χ3n) is 4.00. The van der Waals surface area contributed by atoms with Crippen LogP contribution in [0.1, 0.15) is 26.2 Å². The monoisotopic (exact) mass is 308 g/mol. The van der Waals surface area contributed by atoms with Crippen molar-refractivity contribution in [3.63, 3.8) is 0 Å². The van der Waals surface area contributed by atoms with E-state index in [-0.39, 0.29) is 44.0 Å². The van der Waals surface area contributed by atoms with Crippen molar-refractivity contribution in [1.82, 2.24) is 9.80 Å². The molecular weight excluding hydrogens is 289 g/mol. The summed E-state index contributed by atoms with van der Waals surface area (Å²) in [7, 11) is 0. The summed E-state index contributed by atoms with van der Waals surface area (Å²) < 4.78 is 42.4. The van der Waals surface area contributed by atoms with Crippen LogP contribution in [0.25, 0.3) is 0 Å². The molecule has 0 bridgehead atoms. The number of piperidine rings is 1. The molecule has 2 aliphatic rings. The van der Waals surface area contributed by atoms with E-state index in [1.54, 1.807) is 11.8 Å². The van der Waals surface area contributed by atoms with Gasteiger partial charge in [0.15, 0.2) is 0 Å². The Kier molecular flexibility index (Phi) is 4.75. The highest BCUT2D eigenvalue weighted by molar-refractivity contribution is 5.83. The Morgan fingerprint density at radius 3 is 2.29 bits per heavy atom. The molecule has 2 rings (SSSR count). The van der Waals surface area contributed by atoms with Gasteiger partial charge in [0.2, 0.25) is 5.91 Å². The van der Waals surface area contributed by atoms with E-state index in [0.29, 0.717) is 13.2 Å². The van der Waals surface area contributed by atoms with Crippen LogP contribution in [0.3, 0.4) is 0 Å². The molecule has 0 aromatic rings. The number of ether oxygens (including phenoxy) is 1. The van der Waals surface area contributed by atoms with Gasteiger partial charge in [0.1, 0.15) is 6.23 Å². The maximum absolute atomic E-state index is 12.4. The summed E-state index contributed by atoms with van der Waals surface area (Å²) in [4.78, 5) is 25.9. The van der Waals surface area contributed by atoms with Crippen LogP contribution in [-0.4, -0.2) is 60.3 Å². The Morgan fingerprint density at radius 2 is 1.76 bits per heavy atom. The van der Waals surface area contributed by atoms with Crippen molar-refractivity contribution >= 4 is 11.8 Å². The number of carbonyl (C=O) groups excluding carboxylic acids is 2. The van der Waals surface area contributed by atoms with Crippen molar-refractivity contribution in [2.45, 2.75) is 38.6 Å². The normalized spacial score (nSPS) is 25.0. The van der Waals surface area contributed by atoms with E-state index >= 15 is 0 Å². The molecule has 0 aromatic heterocycles. The Hall–Kier alpha value is -1.31. The number of carbonyl (C=O) groups is 2. The van der Waals surface area contributed by atoms with E-state index in [1.807, 2.05) is 0 Å². The summed E-state index contributed by atoms with van der Waals surface area (Å²) in [6.07, 6.45) is -3.83. The second-order valence-corrected chi connectivity index (χ2v) is 5.42. The van der Waals surface area contributed by atoms with E-state index in [0.717, 1.165) is 11.3 Å². The van der Waals surface area contributed by atoms with E-state index < -0.39 is 12.1 Å². The summed E-state index contributed by atoms with van der Waals surface area (Å²) in [6.45, 7) is 2.96. The predicted octanol–water partition coefficient (Wildman–Crippen LogP) is 1.38. The van der Waals surface area contributed by atoms with Gasteiger partial charge in [-0.2, -0.15) is 13.2 Å². The molecule has 0 saturated carbocycles. The van der Waals surface area contributed by atoms with Crippen molar-refractivity contribution in [1.29, 1.82) is 0 Å². The molecule has 0 aromatic carbocycles. The van der Waals surface area contributed by atoms with Gasteiger partial charge in [-0.3, -0.25) is 9.59 Å². The number of amides is 2. The summed E-state index contributed by atoms with van der Waals surface area (Å²) >= 11 is 0. The highest BCUT2D eigenvalue weighted by Crippen LogP contribution is 2.26. The molecule has 8 heteroatoms. The summed E-state index contributed by atoms with van der Waals surface area (Å²) in [5.41, 5.74) is 0. The third kappa shape index (κ3) is 3.66. The molecular formula is C13H19F3N2O3. The number of hydrogen-bond acceptors (Lipinski definition) is 3. The van der Waals surface area contributed by atoms with Crippen LogP contribution < -0.4 is 0 Å². The van der Waals surface area contributed by atoms with Gasteiger partial charge >= 0.3 is 12.1 Å². The second-order valence-electron chi connectivity index (χ2n) is 5.42. The molecule has 2 saturated heterocycles. The molecule has 120 valence electrons. The number of likely N-dealkylation sites (tertiary alicyclic amines) is 1. The molecule has 0 N–H and O–H groups in total. The standard InChI is InChI=1S/C13H19F3N2O3/c1-9-18(5-2-8-21-9)11(19)10-3-6-17(7-4-10)12(20)13(14,15)16/h9-10H,2-8H2,1H3. The number of nitrogens with zero attached hydrogens (tertiary/aromatic N) is 2. The molecule has 21 heavy (non-hydrogen) atoms. The lowest BCUT2D eigenvalue weighted by Crippen LogP contribution is -2.51. The fourth-order valence-corrected chi connectivity index (χ4v) is 2.79. The average molecular weight is 308 g/mol. The summed E-state index contributed by atoms with van der Waals surface area (Å²) in [5, 5.41) is 0. The van der Waals surface area contributed by atoms with Crippen molar-refractivity contribution in [2.75, 3.05) is 26.2 Å². The second kappa shape index (κ2) is 6.21. The maximum Gasteiger partial charge on any atom is 0.471 e. The summed E-state index contributed by atoms with van der Waals surface area (Å²) in [5.74, 6) is -2.23. The first-order valence-electron chi connectivity index (χ1n) is 7.09. The first-order chi connectivity index (χ1) is 9.80. The first-order valence-corrected chi connectivity index (χ1v) is 7.09. The molecule has 0 radical (unpaired) electrons. The van der Waals surface area contributed by atoms with Gasteiger partial charge in [0.25, 0.3) is 0 Å². The van der Waals surface area contributed by atoms with E-state index in [4.69, 9.17) is 4.74 Å². The largest absolute Gasteiger partial charge is 0.471 e. The van der Waals surface area contributed by atoms with Crippen LogP contribution in [0.5, 0.6) is 0 Å². The van der Waals surface area contributed by atoms with Crippen LogP contribution in [0.2, 0.25) is 0 Å². The zero-order chi connectivity index (χ0) is 15.6. The van der Waals surface area contributed by atoms with Gasteiger partial charge < -0.3 is 14.5 Å². The van der Waals surface area contributed by atoms with E-state index in [2.05, 4.69) is 0 Å². The fourth-order valence-electron chi connectivity index (χ4n) is 2.79. The summed E-state index contributed by atoms with van der Waals surface area (Å²) in [6, 6.07) is 0. The molecule has 2 amide bonds. The first kappa shape index (κ1) is 16.1. The lowest BCUT2D eigenvalue weighted by atomic mass is 9.94. The zero-order valence-electron chi connectivity index (χ0n) is 11.9. The maximum atomic E-state index is 12.4. The zero-order valence-corrected chi connectivity index (χ0v) is 11.9. The number of alkyl halides is 3. The molecule has 2 fully saturated rings. The Balaban J connectivity index is 1.89. The van der Waals surface area contributed by atoms with Crippen LogP contribution in [0.15, 0.2) is 0 Å². The number of halogens is 3. The molecule has 0 spiro atoms. The molecule has 0 aliphatic carbocycles. The Labute approximate surface area is 121 Å². The molecule has 1 atom stereocenters. The van der Waals surface area contributed by atoms with Crippen molar-refractivity contribution in [2.24, 2.45) is 5.92 Å². The topological polar surface area (TPSA) is 49.9 Å². The number of rotatable bonds is 1. The smallest absolute Gasteiger partial charge is 0.359 e. The van der Waals surface area contributed by atoms with Crippen LogP contribution in [0, 0.1) is 5.92 Å². The lowest BCUT2D eigenvalue weighted by Gasteiger charge is -2.38. The van der Waals surface area contributed by atoms with Crippen LogP contribution in [-0.2, 0) is 14.3 Å². The minimum atomic E-state index is -4.84. The van der Waals surface area contributed by atoms with E-state index in [1.165, 1.54) is 0 Å². The van der Waals surface area contributed by atoms with Crippen LogP contribution in [0.4, 0.5) is 13.2 Å². The van der Waals surface area contributed by atoms with Crippen LogP contribution >= 0.6 is 0 Å². The number of hydrogen-bond donors (Lipinski definition) is 0.